The summed E-state index contributed by atoms with van der Waals surface area (Å²) in [6.45, 7) is 0.306. The van der Waals surface area contributed by atoms with Crippen molar-refractivity contribution in [3.63, 3.8) is 0 Å². The van der Waals surface area contributed by atoms with E-state index in [1.807, 2.05) is 11.4 Å². The van der Waals surface area contributed by atoms with E-state index in [4.69, 9.17) is 0 Å². The van der Waals surface area contributed by atoms with E-state index in [9.17, 15) is 14.4 Å². The van der Waals surface area contributed by atoms with Crippen LogP contribution in [0.3, 0.4) is 0 Å². The molecule has 0 saturated carbocycles. The molecule has 3 heterocycles. The fourth-order valence-electron chi connectivity index (χ4n) is 2.77. The van der Waals surface area contributed by atoms with Gasteiger partial charge in [0.2, 0.25) is 0 Å². The summed E-state index contributed by atoms with van der Waals surface area (Å²) in [7, 11) is 1.49. The summed E-state index contributed by atoms with van der Waals surface area (Å²) in [6, 6.07) is 10.4. The Kier molecular flexibility index (Phi) is 4.57. The van der Waals surface area contributed by atoms with Gasteiger partial charge in [0.1, 0.15) is 5.00 Å². The highest BCUT2D eigenvalue weighted by molar-refractivity contribution is 7.12. The minimum atomic E-state index is -0.439. The molecule has 0 spiro atoms. The second-order valence-corrected chi connectivity index (χ2v) is 6.85. The molecule has 0 aliphatic carbocycles. The number of nitrogens with one attached hydrogen (secondary N) is 1. The van der Waals surface area contributed by atoms with Gasteiger partial charge in [-0.3, -0.25) is 9.59 Å². The molecule has 0 radical (unpaired) electrons. The molecule has 142 valence electrons. The van der Waals surface area contributed by atoms with Crippen LogP contribution in [0, 0.1) is 0 Å². The molecule has 4 aromatic rings. The first kappa shape index (κ1) is 17.8. The lowest BCUT2D eigenvalue weighted by molar-refractivity contribution is 0.0946. The Labute approximate surface area is 161 Å². The van der Waals surface area contributed by atoms with E-state index < -0.39 is 5.91 Å². The zero-order chi connectivity index (χ0) is 19.7. The molecule has 3 aromatic heterocycles. The number of amides is 1. The number of carbonyl (C=O) groups excluding carboxylic acids is 1. The smallest absolute Gasteiger partial charge is 0.349 e. The fraction of sp³-hybridized carbons (Fsp3) is 0.176. The molecule has 4 rings (SSSR count). The third kappa shape index (κ3) is 3.11. The van der Waals surface area contributed by atoms with E-state index in [0.717, 1.165) is 4.68 Å². The van der Waals surface area contributed by atoms with Crippen LogP contribution in [-0.2, 0) is 13.6 Å². The second-order valence-electron chi connectivity index (χ2n) is 5.93. The first-order valence-electron chi connectivity index (χ1n) is 8.37. The van der Waals surface area contributed by atoms with Crippen molar-refractivity contribution in [2.45, 2.75) is 6.54 Å². The molecular weight excluding hydrogens is 382 g/mol. The number of carbonyl (C=O) groups is 1. The molecule has 28 heavy (non-hydrogen) atoms. The van der Waals surface area contributed by atoms with Crippen LogP contribution in [0.5, 0.6) is 0 Å². The van der Waals surface area contributed by atoms with Crippen LogP contribution in [0.4, 0.5) is 0 Å². The van der Waals surface area contributed by atoms with E-state index in [0.29, 0.717) is 15.8 Å². The van der Waals surface area contributed by atoms with E-state index in [1.54, 1.807) is 30.3 Å². The Hall–Kier alpha value is -3.60. The lowest BCUT2D eigenvalue weighted by Crippen LogP contribution is -2.33. The van der Waals surface area contributed by atoms with Crippen molar-refractivity contribution in [2.75, 3.05) is 6.54 Å². The summed E-state index contributed by atoms with van der Waals surface area (Å²) in [4.78, 5) is 37.0. The van der Waals surface area contributed by atoms with Gasteiger partial charge in [0, 0.05) is 19.0 Å². The predicted octanol–water partition coefficient (Wildman–Crippen LogP) is 0.167. The average Bonchev–Trinajstić information content (AvgIpc) is 3.35. The normalized spacial score (nSPS) is 11.0. The molecular formula is C17H15N7O3S. The molecule has 1 aromatic carbocycles. The van der Waals surface area contributed by atoms with Crippen molar-refractivity contribution >= 4 is 28.0 Å². The Morgan fingerprint density at radius 2 is 1.89 bits per heavy atom. The summed E-state index contributed by atoms with van der Waals surface area (Å²) >= 11 is 1.37. The van der Waals surface area contributed by atoms with Crippen LogP contribution >= 0.6 is 11.3 Å². The Balaban J connectivity index is 1.51. The third-order valence-corrected chi connectivity index (χ3v) is 4.98. The van der Waals surface area contributed by atoms with E-state index in [1.165, 1.54) is 27.7 Å². The van der Waals surface area contributed by atoms with E-state index in [2.05, 4.69) is 20.8 Å². The predicted molar refractivity (Wildman–Crippen MR) is 103 cm³/mol. The van der Waals surface area contributed by atoms with Crippen LogP contribution in [0.2, 0.25) is 0 Å². The highest BCUT2D eigenvalue weighted by Crippen LogP contribution is 2.13. The maximum atomic E-state index is 12.6. The number of aryl methyl sites for hydroxylation is 1. The van der Waals surface area contributed by atoms with Crippen molar-refractivity contribution < 1.29 is 4.79 Å². The van der Waals surface area contributed by atoms with Gasteiger partial charge in [0.15, 0.2) is 5.69 Å². The lowest BCUT2D eigenvalue weighted by atomic mass is 10.1. The Bertz CT molecular complexity index is 1270. The van der Waals surface area contributed by atoms with Crippen LogP contribution in [0.1, 0.15) is 10.5 Å². The van der Waals surface area contributed by atoms with Crippen LogP contribution < -0.4 is 16.6 Å². The van der Waals surface area contributed by atoms with Gasteiger partial charge < -0.3 is 5.32 Å². The highest BCUT2D eigenvalue weighted by Gasteiger charge is 2.16. The summed E-state index contributed by atoms with van der Waals surface area (Å²) in [5, 5.41) is 17.8. The number of benzene rings is 1. The van der Waals surface area contributed by atoms with Crippen molar-refractivity contribution in [1.82, 2.24) is 34.9 Å². The van der Waals surface area contributed by atoms with Crippen molar-refractivity contribution in [3.05, 3.63) is 68.3 Å². The van der Waals surface area contributed by atoms with Gasteiger partial charge in [-0.25, -0.2) is 9.48 Å². The third-order valence-electron chi connectivity index (χ3n) is 4.14. The summed E-state index contributed by atoms with van der Waals surface area (Å²) in [5.74, 6) is -0.439. The summed E-state index contributed by atoms with van der Waals surface area (Å²) in [6.07, 6.45) is 0. The largest absolute Gasteiger partial charge is 0.369 e. The number of thiophene rings is 1. The SMILES string of the molecule is Cn1nc(C(=O)NCCn2nnn(-c3cccs3)c2=O)c2ccccc2c1=O. The molecule has 0 aliphatic rings. The van der Waals surface area contributed by atoms with E-state index >= 15 is 0 Å². The summed E-state index contributed by atoms with van der Waals surface area (Å²) < 4.78 is 3.51. The Morgan fingerprint density at radius 3 is 2.64 bits per heavy atom. The van der Waals surface area contributed by atoms with Gasteiger partial charge in [-0.1, -0.05) is 18.2 Å². The maximum absolute atomic E-state index is 12.6. The summed E-state index contributed by atoms with van der Waals surface area (Å²) in [5.41, 5.74) is -0.515. The molecule has 11 heteroatoms. The number of hydrogen-bond acceptors (Lipinski definition) is 7. The number of aromatic nitrogens is 6. The standard InChI is InChI=1S/C17H15N7O3S/c1-22-16(26)12-6-3-2-5-11(12)14(19-22)15(25)18-8-9-23-17(27)24(21-20-23)13-7-4-10-28-13/h2-7,10H,8-9H2,1H3,(H,18,25). The average molecular weight is 397 g/mol. The molecule has 10 nitrogen and oxygen atoms in total. The van der Waals surface area contributed by atoms with Crippen molar-refractivity contribution in [1.29, 1.82) is 0 Å². The quantitative estimate of drug-likeness (QED) is 0.513. The molecule has 0 atom stereocenters. The fourth-order valence-corrected chi connectivity index (χ4v) is 3.44. The number of fused-ring (bicyclic) bond motifs is 1. The molecule has 1 amide bonds. The molecule has 0 bridgehead atoms. The van der Waals surface area contributed by atoms with Crippen LogP contribution in [-0.4, -0.2) is 42.0 Å². The molecule has 0 unspecified atom stereocenters. The monoisotopic (exact) mass is 397 g/mol. The number of nitrogens with zero attached hydrogens (tertiary/aromatic N) is 6. The van der Waals surface area contributed by atoms with Crippen LogP contribution in [0.15, 0.2) is 51.4 Å². The Morgan fingerprint density at radius 1 is 1.11 bits per heavy atom. The number of hydrogen-bond donors (Lipinski definition) is 1. The van der Waals surface area contributed by atoms with Crippen molar-refractivity contribution in [2.24, 2.45) is 7.05 Å². The van der Waals surface area contributed by atoms with Crippen LogP contribution in [0.25, 0.3) is 15.8 Å². The van der Waals surface area contributed by atoms with Gasteiger partial charge >= 0.3 is 5.69 Å². The zero-order valence-electron chi connectivity index (χ0n) is 14.8. The number of tetrazole rings is 1. The van der Waals surface area contributed by atoms with Gasteiger partial charge in [-0.2, -0.15) is 14.5 Å². The van der Waals surface area contributed by atoms with Crippen molar-refractivity contribution in [3.8, 4) is 5.00 Å². The van der Waals surface area contributed by atoms with E-state index in [-0.39, 0.29) is 30.0 Å². The maximum Gasteiger partial charge on any atom is 0.369 e. The first-order valence-corrected chi connectivity index (χ1v) is 9.25. The minimum absolute atomic E-state index is 0.146. The van der Waals surface area contributed by atoms with Gasteiger partial charge in [-0.05, 0) is 34.0 Å². The van der Waals surface area contributed by atoms with Gasteiger partial charge in [0.25, 0.3) is 11.5 Å². The molecule has 0 fully saturated rings. The molecule has 1 N–H and O–H groups in total. The lowest BCUT2D eigenvalue weighted by Gasteiger charge is -2.08. The molecule has 0 aliphatic heterocycles. The minimum Gasteiger partial charge on any atom is -0.349 e. The van der Waals surface area contributed by atoms with Gasteiger partial charge in [-0.15, -0.1) is 11.3 Å². The molecule has 0 saturated heterocycles. The van der Waals surface area contributed by atoms with Gasteiger partial charge in [0.05, 0.1) is 11.9 Å². The second kappa shape index (κ2) is 7.19. The topological polar surface area (TPSA) is 117 Å². The first-order chi connectivity index (χ1) is 13.6. The zero-order valence-corrected chi connectivity index (χ0v) is 15.6. The number of rotatable bonds is 5. The highest BCUT2D eigenvalue weighted by atomic mass is 32.1.